The predicted molar refractivity (Wildman–Crippen MR) is 78.3 cm³/mol. The summed E-state index contributed by atoms with van der Waals surface area (Å²) in [5.41, 5.74) is 2.94. The predicted octanol–water partition coefficient (Wildman–Crippen LogP) is 4.38. The van der Waals surface area contributed by atoms with Crippen molar-refractivity contribution in [3.8, 4) is 0 Å². The number of hydrogen-bond donors (Lipinski definition) is 0. The number of nitrogens with zero attached hydrogens (tertiary/aromatic N) is 1. The molecule has 1 heterocycles. The van der Waals surface area contributed by atoms with Crippen LogP contribution in [0.1, 0.15) is 26.3 Å². The van der Waals surface area contributed by atoms with Gasteiger partial charge in [0.05, 0.1) is 0 Å². The second kappa shape index (κ2) is 3.90. The highest BCUT2D eigenvalue weighted by Crippen LogP contribution is 2.60. The summed E-state index contributed by atoms with van der Waals surface area (Å²) in [7, 11) is 0. The van der Waals surface area contributed by atoms with E-state index in [0.717, 1.165) is 28.3 Å². The maximum Gasteiger partial charge on any atom is 0.0455 e. The molecule has 0 spiro atoms. The highest BCUT2D eigenvalue weighted by Gasteiger charge is 2.59. The van der Waals surface area contributed by atoms with Gasteiger partial charge in [-0.05, 0) is 47.8 Å². The molecule has 3 rings (SSSR count). The zero-order valence-electron chi connectivity index (χ0n) is 11.7. The van der Waals surface area contributed by atoms with Crippen LogP contribution in [0.5, 0.6) is 0 Å². The van der Waals surface area contributed by atoms with Crippen molar-refractivity contribution in [2.24, 2.45) is 23.2 Å². The lowest BCUT2D eigenvalue weighted by Crippen LogP contribution is -2.27. The highest BCUT2D eigenvalue weighted by molar-refractivity contribution is 6.31. The Hall–Kier alpha value is -0.690. The van der Waals surface area contributed by atoms with Crippen molar-refractivity contribution in [2.75, 3.05) is 18.0 Å². The number of fused-ring (bicyclic) bond motifs is 1. The Kier molecular flexibility index (Phi) is 2.68. The van der Waals surface area contributed by atoms with Crippen molar-refractivity contribution in [3.05, 3.63) is 28.8 Å². The first-order valence-corrected chi connectivity index (χ1v) is 7.27. The van der Waals surface area contributed by atoms with E-state index in [1.807, 2.05) is 0 Å². The Morgan fingerprint density at radius 1 is 1.17 bits per heavy atom. The van der Waals surface area contributed by atoms with Gasteiger partial charge in [0.1, 0.15) is 0 Å². The molecule has 1 aliphatic heterocycles. The molecule has 0 radical (unpaired) electrons. The first-order valence-electron chi connectivity index (χ1n) is 6.89. The van der Waals surface area contributed by atoms with Gasteiger partial charge in [0, 0.05) is 23.8 Å². The molecular weight excluding hydrogens is 242 g/mol. The van der Waals surface area contributed by atoms with Crippen LogP contribution in [0, 0.1) is 30.1 Å². The summed E-state index contributed by atoms with van der Waals surface area (Å²) in [6.45, 7) is 11.6. The molecular formula is C16H22ClN. The maximum atomic E-state index is 6.21. The van der Waals surface area contributed by atoms with Gasteiger partial charge in [-0.2, -0.15) is 0 Å². The smallest absolute Gasteiger partial charge is 0.0455 e. The van der Waals surface area contributed by atoms with E-state index in [9.17, 15) is 0 Å². The van der Waals surface area contributed by atoms with E-state index < -0.39 is 0 Å². The fraction of sp³-hybridized carbons (Fsp3) is 0.625. The maximum absolute atomic E-state index is 6.21. The minimum Gasteiger partial charge on any atom is -0.371 e. The Bertz CT molecular complexity index is 462. The second-order valence-electron chi connectivity index (χ2n) is 7.06. The van der Waals surface area contributed by atoms with Gasteiger partial charge in [0.25, 0.3) is 0 Å². The average molecular weight is 264 g/mol. The van der Waals surface area contributed by atoms with Crippen LogP contribution < -0.4 is 4.90 Å². The third-order valence-corrected chi connectivity index (χ3v) is 5.12. The van der Waals surface area contributed by atoms with Crippen LogP contribution in [0.4, 0.5) is 5.69 Å². The van der Waals surface area contributed by atoms with Gasteiger partial charge in [-0.3, -0.25) is 0 Å². The third-order valence-electron chi connectivity index (χ3n) is 4.71. The van der Waals surface area contributed by atoms with Gasteiger partial charge in [-0.15, -0.1) is 0 Å². The van der Waals surface area contributed by atoms with Crippen LogP contribution in [-0.2, 0) is 0 Å². The van der Waals surface area contributed by atoms with E-state index in [1.54, 1.807) is 0 Å². The fourth-order valence-corrected chi connectivity index (χ4v) is 3.97. The lowest BCUT2D eigenvalue weighted by atomic mass is 9.87. The number of hydrogen-bond acceptors (Lipinski definition) is 1. The Morgan fingerprint density at radius 3 is 2.28 bits per heavy atom. The molecule has 1 aliphatic carbocycles. The number of anilines is 1. The minimum absolute atomic E-state index is 0.479. The zero-order valence-corrected chi connectivity index (χ0v) is 12.5. The monoisotopic (exact) mass is 263 g/mol. The van der Waals surface area contributed by atoms with Crippen molar-refractivity contribution in [1.29, 1.82) is 0 Å². The molecule has 2 heteroatoms. The Labute approximate surface area is 115 Å². The largest absolute Gasteiger partial charge is 0.371 e. The lowest BCUT2D eigenvalue weighted by Gasteiger charge is -2.27. The van der Waals surface area contributed by atoms with Gasteiger partial charge >= 0.3 is 0 Å². The van der Waals surface area contributed by atoms with Gasteiger partial charge in [-0.25, -0.2) is 0 Å². The van der Waals surface area contributed by atoms with Crippen LogP contribution in [-0.4, -0.2) is 13.1 Å². The molecule has 18 heavy (non-hydrogen) atoms. The molecule has 98 valence electrons. The first-order chi connectivity index (χ1) is 8.38. The van der Waals surface area contributed by atoms with Gasteiger partial charge in [-0.1, -0.05) is 38.4 Å². The fourth-order valence-electron chi connectivity index (χ4n) is 3.80. The summed E-state index contributed by atoms with van der Waals surface area (Å²) >= 11 is 6.21. The normalized spacial score (nSPS) is 30.5. The van der Waals surface area contributed by atoms with Crippen LogP contribution in [0.15, 0.2) is 18.2 Å². The van der Waals surface area contributed by atoms with E-state index in [0.29, 0.717) is 5.41 Å². The molecule has 1 aromatic rings. The van der Waals surface area contributed by atoms with E-state index in [-0.39, 0.29) is 0 Å². The molecule has 1 saturated carbocycles. The van der Waals surface area contributed by atoms with Crippen molar-refractivity contribution < 1.29 is 0 Å². The molecule has 2 fully saturated rings. The summed E-state index contributed by atoms with van der Waals surface area (Å²) in [6, 6.07) is 6.45. The number of aryl methyl sites for hydroxylation is 1. The summed E-state index contributed by atoms with van der Waals surface area (Å²) in [4.78, 5) is 2.50. The molecule has 0 aromatic heterocycles. The number of rotatable bonds is 1. The minimum atomic E-state index is 0.479. The number of benzene rings is 1. The highest BCUT2D eigenvalue weighted by atomic mass is 35.5. The summed E-state index contributed by atoms with van der Waals surface area (Å²) in [5, 5.41) is 0.889. The van der Waals surface area contributed by atoms with Crippen LogP contribution in [0.2, 0.25) is 5.02 Å². The summed E-state index contributed by atoms with van der Waals surface area (Å²) in [5.74, 6) is 2.74. The quantitative estimate of drug-likeness (QED) is 0.727. The second-order valence-corrected chi connectivity index (χ2v) is 7.47. The van der Waals surface area contributed by atoms with Crippen molar-refractivity contribution in [2.45, 2.75) is 27.7 Å². The van der Waals surface area contributed by atoms with Crippen molar-refractivity contribution in [3.63, 3.8) is 0 Å². The van der Waals surface area contributed by atoms with Crippen LogP contribution >= 0.6 is 11.6 Å². The standard InChI is InChI=1S/C16H22ClN/c1-10-5-6-11(7-14(10)17)18-8-12-13(9-18)15(12)16(2,3)4/h5-7,12-13,15H,8-9H2,1-4H3. The van der Waals surface area contributed by atoms with Gasteiger partial charge in [0.15, 0.2) is 0 Å². The molecule has 2 unspecified atom stereocenters. The summed E-state index contributed by atoms with van der Waals surface area (Å²) < 4.78 is 0. The SMILES string of the molecule is Cc1ccc(N2CC3C(C2)C3C(C)(C)C)cc1Cl. The van der Waals surface area contributed by atoms with Gasteiger partial charge < -0.3 is 4.90 Å². The van der Waals surface area contributed by atoms with Crippen LogP contribution in [0.25, 0.3) is 0 Å². The topological polar surface area (TPSA) is 3.24 Å². The molecule has 1 saturated heterocycles. The molecule has 0 amide bonds. The molecule has 0 bridgehead atoms. The first kappa shape index (κ1) is 12.3. The summed E-state index contributed by atoms with van der Waals surface area (Å²) in [6.07, 6.45) is 0. The Morgan fingerprint density at radius 2 is 1.78 bits per heavy atom. The van der Waals surface area contributed by atoms with E-state index in [4.69, 9.17) is 11.6 Å². The molecule has 1 nitrogen and oxygen atoms in total. The molecule has 1 aromatic carbocycles. The number of piperidine rings is 1. The van der Waals surface area contributed by atoms with Crippen molar-refractivity contribution >= 4 is 17.3 Å². The van der Waals surface area contributed by atoms with Crippen LogP contribution in [0.3, 0.4) is 0 Å². The van der Waals surface area contributed by atoms with Gasteiger partial charge in [0.2, 0.25) is 0 Å². The molecule has 2 aliphatic rings. The number of halogens is 1. The zero-order chi connectivity index (χ0) is 13.1. The van der Waals surface area contributed by atoms with E-state index in [1.165, 1.54) is 18.8 Å². The third kappa shape index (κ3) is 1.93. The van der Waals surface area contributed by atoms with Crippen molar-refractivity contribution in [1.82, 2.24) is 0 Å². The van der Waals surface area contributed by atoms with E-state index >= 15 is 0 Å². The molecule has 0 N–H and O–H groups in total. The Balaban J connectivity index is 1.71. The molecule has 2 atom stereocenters. The lowest BCUT2D eigenvalue weighted by molar-refractivity contribution is 0.309. The van der Waals surface area contributed by atoms with E-state index in [2.05, 4.69) is 50.8 Å². The average Bonchev–Trinajstić information content (AvgIpc) is 2.81.